The van der Waals surface area contributed by atoms with Crippen molar-refractivity contribution in [2.75, 3.05) is 24.5 Å². The van der Waals surface area contributed by atoms with Crippen LogP contribution in [-0.2, 0) is 9.53 Å². The molecule has 2 amide bonds. The minimum atomic E-state index is -0.634. The van der Waals surface area contributed by atoms with Gasteiger partial charge in [-0.3, -0.25) is 14.4 Å². The number of likely N-dealkylation sites (tertiary alicyclic amines) is 1. The molecule has 11 nitrogen and oxygen atoms in total. The van der Waals surface area contributed by atoms with Crippen LogP contribution in [-0.4, -0.2) is 66.5 Å². The number of fused-ring (bicyclic) bond motifs is 1. The predicted molar refractivity (Wildman–Crippen MR) is 129 cm³/mol. The van der Waals surface area contributed by atoms with E-state index in [-0.39, 0.29) is 23.5 Å². The molecule has 0 bridgehead atoms. The van der Waals surface area contributed by atoms with Crippen molar-refractivity contribution < 1.29 is 14.3 Å². The second-order valence-corrected chi connectivity index (χ2v) is 11.2. The zero-order valence-corrected chi connectivity index (χ0v) is 20.6. The lowest BCUT2D eigenvalue weighted by Crippen LogP contribution is -2.64. The first-order valence-electron chi connectivity index (χ1n) is 12.2. The first-order valence-corrected chi connectivity index (χ1v) is 12.2. The Kier molecular flexibility index (Phi) is 4.87. The Morgan fingerprint density at radius 3 is 2.69 bits per heavy atom. The number of anilines is 1. The third-order valence-electron chi connectivity index (χ3n) is 7.30. The molecule has 1 unspecified atom stereocenters. The second-order valence-electron chi connectivity index (χ2n) is 11.2. The number of nitriles is 1. The summed E-state index contributed by atoms with van der Waals surface area (Å²) in [4.78, 5) is 33.1. The number of ether oxygens (including phenoxy) is 1. The summed E-state index contributed by atoms with van der Waals surface area (Å²) in [5, 5.41) is 18.2. The van der Waals surface area contributed by atoms with Gasteiger partial charge >= 0.3 is 6.09 Å². The minimum absolute atomic E-state index is 0.153. The van der Waals surface area contributed by atoms with Crippen molar-refractivity contribution in [2.24, 2.45) is 11.3 Å². The number of amides is 2. The van der Waals surface area contributed by atoms with E-state index in [9.17, 15) is 14.9 Å². The molecular formula is C25H28N8O3. The molecule has 6 rings (SSSR count). The molecule has 36 heavy (non-hydrogen) atoms. The Morgan fingerprint density at radius 1 is 1.22 bits per heavy atom. The summed E-state index contributed by atoms with van der Waals surface area (Å²) in [6.07, 6.45) is 9.43. The van der Waals surface area contributed by atoms with Gasteiger partial charge in [0.05, 0.1) is 36.4 Å². The van der Waals surface area contributed by atoms with Gasteiger partial charge in [-0.25, -0.2) is 14.3 Å². The zero-order valence-electron chi connectivity index (χ0n) is 20.6. The van der Waals surface area contributed by atoms with Crippen LogP contribution < -0.4 is 4.90 Å². The zero-order chi connectivity index (χ0) is 25.2. The maximum Gasteiger partial charge on any atom is 0.410 e. The van der Waals surface area contributed by atoms with Crippen molar-refractivity contribution >= 4 is 23.3 Å². The fourth-order valence-electron chi connectivity index (χ4n) is 5.53. The van der Waals surface area contributed by atoms with Gasteiger partial charge in [0.1, 0.15) is 17.0 Å². The monoisotopic (exact) mass is 488 g/mol. The number of hydrogen-bond acceptors (Lipinski definition) is 7. The molecule has 11 heteroatoms. The third kappa shape index (κ3) is 3.68. The van der Waals surface area contributed by atoms with E-state index in [0.29, 0.717) is 24.5 Å². The SMILES string of the molecule is CC(C)(C)OC(=O)N1CC2(CC(n3cc(-c4cn5nccc5c(N5CCC(C#N)C5=O)n4)cn3)C2)C1. The van der Waals surface area contributed by atoms with Crippen LogP contribution in [0.15, 0.2) is 30.9 Å². The second kappa shape index (κ2) is 7.78. The fourth-order valence-corrected chi connectivity index (χ4v) is 5.53. The molecule has 1 spiro atoms. The molecule has 1 saturated carbocycles. The van der Waals surface area contributed by atoms with Crippen LogP contribution >= 0.6 is 0 Å². The quantitative estimate of drug-likeness (QED) is 0.555. The molecule has 3 aromatic rings. The number of rotatable bonds is 3. The van der Waals surface area contributed by atoms with E-state index in [1.807, 2.05) is 43.9 Å². The van der Waals surface area contributed by atoms with Gasteiger partial charge in [-0.05, 0) is 46.1 Å². The van der Waals surface area contributed by atoms with Gasteiger partial charge < -0.3 is 9.64 Å². The van der Waals surface area contributed by atoms with Gasteiger partial charge in [0, 0.05) is 36.8 Å². The highest BCUT2D eigenvalue weighted by Gasteiger charge is 2.55. The Hall–Kier alpha value is -3.94. The summed E-state index contributed by atoms with van der Waals surface area (Å²) < 4.78 is 9.15. The molecule has 0 N–H and O–H groups in total. The van der Waals surface area contributed by atoms with Crippen LogP contribution in [0.25, 0.3) is 16.8 Å². The maximum absolute atomic E-state index is 12.7. The summed E-state index contributed by atoms with van der Waals surface area (Å²) in [5.41, 5.74) is 1.88. The number of carbonyl (C=O) groups is 2. The van der Waals surface area contributed by atoms with Crippen molar-refractivity contribution in [3.8, 4) is 17.3 Å². The Labute approximate surface area is 208 Å². The molecule has 186 valence electrons. The highest BCUT2D eigenvalue weighted by atomic mass is 16.6. The lowest BCUT2D eigenvalue weighted by Gasteiger charge is -2.58. The minimum Gasteiger partial charge on any atom is -0.444 e. The Balaban J connectivity index is 1.17. The van der Waals surface area contributed by atoms with Gasteiger partial charge in [0.2, 0.25) is 5.91 Å². The molecule has 3 aliphatic rings. The van der Waals surface area contributed by atoms with E-state index in [1.54, 1.807) is 26.7 Å². The van der Waals surface area contributed by atoms with Crippen molar-refractivity contribution in [2.45, 2.75) is 51.7 Å². The number of nitrogens with zero attached hydrogens (tertiary/aromatic N) is 8. The van der Waals surface area contributed by atoms with E-state index in [2.05, 4.69) is 16.3 Å². The van der Waals surface area contributed by atoms with Crippen LogP contribution in [0.3, 0.4) is 0 Å². The first kappa shape index (κ1) is 22.5. The normalized spacial score (nSPS) is 21.5. The average Bonchev–Trinajstić information content (AvgIpc) is 3.49. The highest BCUT2D eigenvalue weighted by Crippen LogP contribution is 2.54. The van der Waals surface area contributed by atoms with Gasteiger partial charge in [-0.15, -0.1) is 0 Å². The van der Waals surface area contributed by atoms with E-state index >= 15 is 0 Å². The lowest BCUT2D eigenvalue weighted by molar-refractivity contribution is -0.119. The van der Waals surface area contributed by atoms with Gasteiger partial charge in [-0.2, -0.15) is 15.5 Å². The van der Waals surface area contributed by atoms with E-state index < -0.39 is 11.5 Å². The predicted octanol–water partition coefficient (Wildman–Crippen LogP) is 3.04. The van der Waals surface area contributed by atoms with Gasteiger partial charge in [0.15, 0.2) is 5.82 Å². The van der Waals surface area contributed by atoms with Crippen LogP contribution in [0.4, 0.5) is 10.6 Å². The molecule has 2 aliphatic heterocycles. The van der Waals surface area contributed by atoms with Gasteiger partial charge in [0.25, 0.3) is 0 Å². The largest absolute Gasteiger partial charge is 0.444 e. The summed E-state index contributed by atoms with van der Waals surface area (Å²) in [5.74, 6) is -0.341. The maximum atomic E-state index is 12.7. The Morgan fingerprint density at radius 2 is 2.00 bits per heavy atom. The molecule has 1 atom stereocenters. The molecular weight excluding hydrogens is 460 g/mol. The first-order chi connectivity index (χ1) is 17.1. The molecule has 5 heterocycles. The molecule has 0 aromatic carbocycles. The molecule has 0 radical (unpaired) electrons. The number of carbonyl (C=O) groups excluding carboxylic acids is 2. The fraction of sp³-hybridized carbons (Fsp3) is 0.520. The van der Waals surface area contributed by atoms with Crippen molar-refractivity contribution in [1.82, 2.24) is 29.3 Å². The van der Waals surface area contributed by atoms with Gasteiger partial charge in [-0.1, -0.05) is 0 Å². The van der Waals surface area contributed by atoms with Crippen molar-refractivity contribution in [3.63, 3.8) is 0 Å². The number of hydrogen-bond donors (Lipinski definition) is 0. The van der Waals surface area contributed by atoms with Crippen LogP contribution in [0.5, 0.6) is 0 Å². The smallest absolute Gasteiger partial charge is 0.410 e. The summed E-state index contributed by atoms with van der Waals surface area (Å²) >= 11 is 0. The summed E-state index contributed by atoms with van der Waals surface area (Å²) in [6.45, 7) is 7.54. The number of aromatic nitrogens is 5. The van der Waals surface area contributed by atoms with E-state index in [4.69, 9.17) is 9.72 Å². The molecule has 3 fully saturated rings. The van der Waals surface area contributed by atoms with E-state index in [0.717, 1.165) is 37.0 Å². The topological polar surface area (TPSA) is 122 Å². The van der Waals surface area contributed by atoms with Crippen LogP contribution in [0, 0.1) is 22.7 Å². The van der Waals surface area contributed by atoms with E-state index in [1.165, 1.54) is 0 Å². The average molecular weight is 489 g/mol. The van der Waals surface area contributed by atoms with Crippen molar-refractivity contribution in [1.29, 1.82) is 5.26 Å². The highest BCUT2D eigenvalue weighted by molar-refractivity contribution is 6.01. The molecule has 3 aromatic heterocycles. The van der Waals surface area contributed by atoms with Crippen LogP contribution in [0.1, 0.15) is 46.1 Å². The Bertz CT molecular complexity index is 1400. The van der Waals surface area contributed by atoms with Crippen LogP contribution in [0.2, 0.25) is 0 Å². The summed E-state index contributed by atoms with van der Waals surface area (Å²) in [6, 6.07) is 4.16. The standard InChI is InChI=1S/C25H28N8O3/c1-24(2,3)36-23(35)30-14-25(15-30)8-18(9-25)32-12-17(11-28-32)19-13-33-20(4-6-27-33)21(29-19)31-7-5-16(10-26)22(31)34/h4,6,11-13,16,18H,5,7-9,14-15H2,1-3H3. The lowest BCUT2D eigenvalue weighted by atomic mass is 9.61. The third-order valence-corrected chi connectivity index (χ3v) is 7.30. The van der Waals surface area contributed by atoms with Crippen molar-refractivity contribution in [3.05, 3.63) is 30.9 Å². The summed E-state index contributed by atoms with van der Waals surface area (Å²) in [7, 11) is 0. The molecule has 2 saturated heterocycles. The molecule has 1 aliphatic carbocycles.